The van der Waals surface area contributed by atoms with E-state index in [0.717, 1.165) is 44.0 Å². The second-order valence-corrected chi connectivity index (χ2v) is 16.7. The molecule has 9 aromatic rings. The summed E-state index contributed by atoms with van der Waals surface area (Å²) in [5.41, 5.74) is 23.2. The van der Waals surface area contributed by atoms with Crippen molar-refractivity contribution in [3.8, 4) is 55.6 Å². The van der Waals surface area contributed by atoms with Crippen LogP contribution in [0.3, 0.4) is 0 Å². The van der Waals surface area contributed by atoms with Gasteiger partial charge in [0.25, 0.3) is 0 Å². The predicted octanol–water partition coefficient (Wildman–Crippen LogP) is 14.2. The first kappa shape index (κ1) is 31.3. The van der Waals surface area contributed by atoms with Crippen LogP contribution in [0.4, 0.5) is 0 Å². The molecule has 2 heteroatoms. The van der Waals surface area contributed by atoms with Gasteiger partial charge in [-0.2, -0.15) is 0 Å². The number of halogens is 1. The van der Waals surface area contributed by atoms with E-state index >= 15 is 0 Å². The molecule has 5 aliphatic rings. The lowest BCUT2D eigenvalue weighted by Gasteiger charge is -2.47. The van der Waals surface area contributed by atoms with Crippen LogP contribution in [0.25, 0.3) is 93.4 Å². The molecule has 268 valence electrons. The molecule has 1 nitrogen and oxygen atoms in total. The van der Waals surface area contributed by atoms with Crippen molar-refractivity contribution in [2.75, 3.05) is 0 Å². The quantitative estimate of drug-likeness (QED) is 0.186. The number of rotatable bonds is 2. The zero-order chi connectivity index (χ0) is 38.0. The van der Waals surface area contributed by atoms with Gasteiger partial charge in [0.1, 0.15) is 6.10 Å². The van der Waals surface area contributed by atoms with Gasteiger partial charge in [0.15, 0.2) is 0 Å². The number of hydrogen-bond acceptors (Lipinski definition) is 1. The molecular weight excluding hydrogens is 724 g/mol. The third kappa shape index (κ3) is 3.41. The molecule has 0 saturated heterocycles. The zero-order valence-corrected chi connectivity index (χ0v) is 31.9. The average molecular weight is 755 g/mol. The zero-order valence-electron chi connectivity index (χ0n) is 31.1. The van der Waals surface area contributed by atoms with Crippen LogP contribution in [0, 0.1) is 0 Å². The number of aliphatic hydroxyl groups excluding tert-OH is 1. The van der Waals surface area contributed by atoms with Gasteiger partial charge in [-0.3, -0.25) is 0 Å². The van der Waals surface area contributed by atoms with E-state index in [0.29, 0.717) is 0 Å². The number of benzene rings is 9. The third-order valence-corrected chi connectivity index (χ3v) is 14.3. The maximum Gasteiger partial charge on any atom is 0.106 e. The van der Waals surface area contributed by atoms with Gasteiger partial charge in [-0.25, -0.2) is 0 Å². The van der Waals surface area contributed by atoms with E-state index < -0.39 is 11.5 Å². The highest BCUT2D eigenvalue weighted by Crippen LogP contribution is 2.76. The van der Waals surface area contributed by atoms with Crippen LogP contribution in [0.5, 0.6) is 0 Å². The van der Waals surface area contributed by atoms with E-state index in [-0.39, 0.29) is 0 Å². The lowest BCUT2D eigenvalue weighted by molar-refractivity contribution is 0.226. The summed E-state index contributed by atoms with van der Waals surface area (Å²) < 4.78 is 0. The fourth-order valence-corrected chi connectivity index (χ4v) is 12.4. The summed E-state index contributed by atoms with van der Waals surface area (Å²) in [6.07, 6.45) is -0.763. The smallest absolute Gasteiger partial charge is 0.106 e. The summed E-state index contributed by atoms with van der Waals surface area (Å²) in [5.74, 6) is 0. The van der Waals surface area contributed by atoms with E-state index in [1.807, 2.05) is 0 Å². The molecule has 0 aromatic heterocycles. The molecule has 5 aliphatic carbocycles. The van der Waals surface area contributed by atoms with E-state index in [2.05, 4.69) is 176 Å². The third-order valence-electron chi connectivity index (χ3n) is 13.9. The second-order valence-electron chi connectivity index (χ2n) is 16.3. The van der Waals surface area contributed by atoms with Crippen molar-refractivity contribution in [2.24, 2.45) is 0 Å². The monoisotopic (exact) mass is 754 g/mol. The molecule has 0 saturated carbocycles. The van der Waals surface area contributed by atoms with Crippen LogP contribution in [0.15, 0.2) is 181 Å². The van der Waals surface area contributed by atoms with Gasteiger partial charge in [0.2, 0.25) is 0 Å². The molecule has 0 aliphatic heterocycles. The molecule has 0 fully saturated rings. The van der Waals surface area contributed by atoms with E-state index in [9.17, 15) is 5.11 Å². The Hall–Kier alpha value is -6.77. The molecule has 14 rings (SSSR count). The summed E-state index contributed by atoms with van der Waals surface area (Å²) in [5, 5.41) is 18.3. The Kier molecular flexibility index (Phi) is 5.83. The normalized spacial score (nSPS) is 18.3. The first-order valence-electron chi connectivity index (χ1n) is 20.1. The molecule has 1 N–H and O–H groups in total. The minimum absolute atomic E-state index is 0.608. The SMILES string of the molecule is O[C@H]1c2ccccc2-c2c1c1c3c(cccc3c2-c2ccccc2)-c2c3c(c4ccccc4c2-1)[C@@]1(C2=C(Cl)c4ccccc4C2=C1c1ccccc1)c1ccccc1-3. The van der Waals surface area contributed by atoms with Crippen molar-refractivity contribution in [2.45, 2.75) is 11.5 Å². The topological polar surface area (TPSA) is 20.2 Å². The van der Waals surface area contributed by atoms with Crippen molar-refractivity contribution in [3.05, 3.63) is 220 Å². The van der Waals surface area contributed by atoms with E-state index in [4.69, 9.17) is 11.6 Å². The van der Waals surface area contributed by atoms with Crippen molar-refractivity contribution in [1.82, 2.24) is 0 Å². The van der Waals surface area contributed by atoms with E-state index in [1.54, 1.807) is 0 Å². The van der Waals surface area contributed by atoms with Crippen LogP contribution in [0.1, 0.15) is 45.0 Å². The van der Waals surface area contributed by atoms with Crippen LogP contribution in [-0.4, -0.2) is 5.11 Å². The van der Waals surface area contributed by atoms with Gasteiger partial charge >= 0.3 is 0 Å². The molecular formula is C56H31ClO. The number of hydrogen-bond donors (Lipinski definition) is 1. The predicted molar refractivity (Wildman–Crippen MR) is 240 cm³/mol. The van der Waals surface area contributed by atoms with Gasteiger partial charge in [0.05, 0.1) is 10.4 Å². The fraction of sp³-hybridized carbons (Fsp3) is 0.0357. The highest BCUT2D eigenvalue weighted by molar-refractivity contribution is 6.54. The largest absolute Gasteiger partial charge is 0.384 e. The molecule has 0 amide bonds. The highest BCUT2D eigenvalue weighted by Gasteiger charge is 2.62. The van der Waals surface area contributed by atoms with Gasteiger partial charge in [-0.05, 0) is 122 Å². The summed E-state index contributed by atoms with van der Waals surface area (Å²) in [4.78, 5) is 0. The Morgan fingerprint density at radius 3 is 1.81 bits per heavy atom. The minimum Gasteiger partial charge on any atom is -0.384 e. The number of aliphatic hydroxyl groups is 1. The lowest BCUT2D eigenvalue weighted by Crippen LogP contribution is -2.38. The molecule has 9 aromatic carbocycles. The van der Waals surface area contributed by atoms with Gasteiger partial charge < -0.3 is 5.11 Å². The van der Waals surface area contributed by atoms with Crippen molar-refractivity contribution in [1.29, 1.82) is 0 Å². The van der Waals surface area contributed by atoms with Crippen LogP contribution in [-0.2, 0) is 5.41 Å². The molecule has 0 radical (unpaired) electrons. The molecule has 0 bridgehead atoms. The lowest BCUT2D eigenvalue weighted by atomic mass is 9.53. The molecule has 1 spiro atoms. The summed E-state index contributed by atoms with van der Waals surface area (Å²) in [6, 6.07) is 63.9. The van der Waals surface area contributed by atoms with Crippen LogP contribution in [0.2, 0.25) is 0 Å². The van der Waals surface area contributed by atoms with Crippen molar-refractivity contribution >= 4 is 49.3 Å². The first-order valence-corrected chi connectivity index (χ1v) is 20.5. The molecule has 0 unspecified atom stereocenters. The van der Waals surface area contributed by atoms with Crippen molar-refractivity contribution < 1.29 is 5.11 Å². The second kappa shape index (κ2) is 10.8. The van der Waals surface area contributed by atoms with Crippen LogP contribution >= 0.6 is 11.6 Å². The molecule has 2 atom stereocenters. The Morgan fingerprint density at radius 1 is 0.414 bits per heavy atom. The Morgan fingerprint density at radius 2 is 1.02 bits per heavy atom. The maximum absolute atomic E-state index is 12.6. The van der Waals surface area contributed by atoms with Crippen LogP contribution < -0.4 is 0 Å². The van der Waals surface area contributed by atoms with Crippen molar-refractivity contribution in [3.63, 3.8) is 0 Å². The number of fused-ring (bicyclic) bond motifs is 20. The van der Waals surface area contributed by atoms with Gasteiger partial charge in [-0.1, -0.05) is 188 Å². The van der Waals surface area contributed by atoms with E-state index in [1.165, 1.54) is 93.9 Å². The number of allylic oxidation sites excluding steroid dienone is 3. The standard InChI is InChI=1S/C56H31ClO/c57-54-36-24-11-8-21-33(36)48-51(31-18-5-2-6-19-31)56(53(48)54)41-29-14-13-26-38(41)47-46-40-28-15-27-39-42(30-16-3-1-4-17-30)44-34-22-9-12-25-37(34)55(58)50(44)49(43(39)40)45(46)32-20-7-10-23-35(32)52(47)56/h1-29,55,58H/t55-,56+/m0/s1. The average Bonchev–Trinajstić information content (AvgIpc) is 3.96. The summed E-state index contributed by atoms with van der Waals surface area (Å²) >= 11 is 7.72. The van der Waals surface area contributed by atoms with Gasteiger partial charge in [-0.15, -0.1) is 0 Å². The summed E-state index contributed by atoms with van der Waals surface area (Å²) in [7, 11) is 0. The minimum atomic E-state index is -0.763. The fourth-order valence-electron chi connectivity index (χ4n) is 12.0. The summed E-state index contributed by atoms with van der Waals surface area (Å²) in [6.45, 7) is 0. The molecule has 0 heterocycles. The Bertz CT molecular complexity index is 3460. The first-order chi connectivity index (χ1) is 28.7. The highest BCUT2D eigenvalue weighted by atomic mass is 35.5. The Balaban J connectivity index is 1.20. The Labute approximate surface area is 340 Å². The molecule has 58 heavy (non-hydrogen) atoms. The van der Waals surface area contributed by atoms with Gasteiger partial charge in [0, 0.05) is 11.1 Å². The maximum atomic E-state index is 12.6.